The SMILES string of the molecule is CC(C)[C@@H](CC(=O)[C@@H](C)N)C(=O)NCCOCCOCCOCCNC(=O)C1CCC(CN2C(=O)C=CC2=O)CC1. The van der Waals surface area contributed by atoms with Gasteiger partial charge in [-0.15, -0.1) is 0 Å². The molecule has 232 valence electrons. The van der Waals surface area contributed by atoms with E-state index in [1.165, 1.54) is 17.1 Å². The van der Waals surface area contributed by atoms with Gasteiger partial charge in [0.25, 0.3) is 11.8 Å². The average molecular weight is 581 g/mol. The summed E-state index contributed by atoms with van der Waals surface area (Å²) in [6.07, 6.45) is 5.87. The van der Waals surface area contributed by atoms with Crippen molar-refractivity contribution in [3.05, 3.63) is 12.2 Å². The van der Waals surface area contributed by atoms with Crippen LogP contribution in [0.5, 0.6) is 0 Å². The van der Waals surface area contributed by atoms with Gasteiger partial charge in [0.1, 0.15) is 5.78 Å². The third kappa shape index (κ3) is 12.8. The quantitative estimate of drug-likeness (QED) is 0.138. The van der Waals surface area contributed by atoms with Gasteiger partial charge in [0.05, 0.1) is 45.7 Å². The third-order valence-corrected chi connectivity index (χ3v) is 7.46. The van der Waals surface area contributed by atoms with Crippen molar-refractivity contribution in [3.63, 3.8) is 0 Å². The van der Waals surface area contributed by atoms with Crippen LogP contribution in [0, 0.1) is 23.7 Å². The van der Waals surface area contributed by atoms with Crippen LogP contribution in [0.4, 0.5) is 0 Å². The van der Waals surface area contributed by atoms with E-state index in [2.05, 4.69) is 10.6 Å². The van der Waals surface area contributed by atoms with Gasteiger partial charge in [-0.05, 0) is 44.4 Å². The molecular weight excluding hydrogens is 532 g/mol. The fourth-order valence-corrected chi connectivity index (χ4v) is 4.82. The molecule has 1 aliphatic heterocycles. The first-order chi connectivity index (χ1) is 19.6. The number of ether oxygens (including phenoxy) is 3. The first kappa shape index (κ1) is 34.5. The second-order valence-electron chi connectivity index (χ2n) is 11.1. The third-order valence-electron chi connectivity index (χ3n) is 7.46. The maximum absolute atomic E-state index is 12.4. The highest BCUT2D eigenvalue weighted by atomic mass is 16.5. The number of carbonyl (C=O) groups excluding carboxylic acids is 5. The van der Waals surface area contributed by atoms with Crippen LogP contribution >= 0.6 is 0 Å². The number of nitrogens with two attached hydrogens (primary N) is 1. The standard InChI is InChI=1S/C29H48N4O8/c1-20(2)24(18-25(34)21(3)30)29(38)32-11-13-40-15-17-41-16-14-39-12-10-31-28(37)23-6-4-22(5-7-23)19-33-26(35)8-9-27(33)36/h8-9,20-24H,4-7,10-19,30H2,1-3H3,(H,31,37)(H,32,38)/t21-,22?,23?,24-/m1/s1. The molecule has 0 aromatic rings. The van der Waals surface area contributed by atoms with E-state index in [-0.39, 0.29) is 53.6 Å². The number of hydrogen-bond acceptors (Lipinski definition) is 9. The number of carbonyl (C=O) groups is 5. The van der Waals surface area contributed by atoms with E-state index in [9.17, 15) is 24.0 Å². The number of Topliss-reactive ketones (excluding diaryl/α,β-unsaturated/α-hetero) is 1. The Balaban J connectivity index is 1.40. The van der Waals surface area contributed by atoms with Crippen molar-refractivity contribution in [2.24, 2.45) is 29.4 Å². The Labute approximate surface area is 243 Å². The maximum Gasteiger partial charge on any atom is 0.253 e. The molecule has 0 unspecified atom stereocenters. The minimum atomic E-state index is -0.575. The largest absolute Gasteiger partial charge is 0.377 e. The van der Waals surface area contributed by atoms with E-state index < -0.39 is 12.0 Å². The molecule has 1 heterocycles. The smallest absolute Gasteiger partial charge is 0.253 e. The predicted octanol–water partition coefficient (Wildman–Crippen LogP) is 0.579. The Morgan fingerprint density at radius 2 is 1.37 bits per heavy atom. The summed E-state index contributed by atoms with van der Waals surface area (Å²) >= 11 is 0. The maximum atomic E-state index is 12.4. The molecule has 2 aliphatic rings. The van der Waals surface area contributed by atoms with Crippen LogP contribution in [0.2, 0.25) is 0 Å². The number of hydrogen-bond donors (Lipinski definition) is 3. The zero-order valence-electron chi connectivity index (χ0n) is 24.7. The van der Waals surface area contributed by atoms with Gasteiger partial charge in [0, 0.05) is 50.0 Å². The van der Waals surface area contributed by atoms with Gasteiger partial charge in [0.2, 0.25) is 11.8 Å². The molecule has 1 saturated carbocycles. The lowest BCUT2D eigenvalue weighted by Gasteiger charge is -2.30. The molecule has 0 radical (unpaired) electrons. The van der Waals surface area contributed by atoms with Crippen molar-refractivity contribution in [2.75, 3.05) is 59.3 Å². The Kier molecular flexibility index (Phi) is 15.7. The molecule has 2 rings (SSSR count). The van der Waals surface area contributed by atoms with Crippen LogP contribution in [-0.4, -0.2) is 99.6 Å². The van der Waals surface area contributed by atoms with Gasteiger partial charge in [-0.2, -0.15) is 0 Å². The average Bonchev–Trinajstić information content (AvgIpc) is 3.25. The highest BCUT2D eigenvalue weighted by Crippen LogP contribution is 2.30. The predicted molar refractivity (Wildman–Crippen MR) is 151 cm³/mol. The van der Waals surface area contributed by atoms with Gasteiger partial charge in [-0.3, -0.25) is 28.9 Å². The Morgan fingerprint density at radius 1 is 0.854 bits per heavy atom. The van der Waals surface area contributed by atoms with Crippen LogP contribution in [0.3, 0.4) is 0 Å². The zero-order valence-corrected chi connectivity index (χ0v) is 24.7. The summed E-state index contributed by atoms with van der Waals surface area (Å²) in [7, 11) is 0. The normalized spacial score (nSPS) is 20.4. The molecule has 41 heavy (non-hydrogen) atoms. The fraction of sp³-hybridized carbons (Fsp3) is 0.759. The van der Waals surface area contributed by atoms with Gasteiger partial charge in [-0.25, -0.2) is 0 Å². The molecule has 2 atom stereocenters. The summed E-state index contributed by atoms with van der Waals surface area (Å²) in [6, 6.07) is -0.575. The molecule has 0 spiro atoms. The first-order valence-electron chi connectivity index (χ1n) is 14.7. The summed E-state index contributed by atoms with van der Waals surface area (Å²) in [4.78, 5) is 61.4. The second-order valence-corrected chi connectivity index (χ2v) is 11.1. The molecule has 12 heteroatoms. The number of rotatable bonds is 20. The summed E-state index contributed by atoms with van der Waals surface area (Å²) in [5.41, 5.74) is 5.62. The number of nitrogens with zero attached hydrogens (tertiary/aromatic N) is 1. The van der Waals surface area contributed by atoms with E-state index >= 15 is 0 Å². The topological polar surface area (TPSA) is 166 Å². The van der Waals surface area contributed by atoms with Gasteiger partial charge < -0.3 is 30.6 Å². The number of imide groups is 1. The monoisotopic (exact) mass is 580 g/mol. The lowest BCUT2D eigenvalue weighted by molar-refractivity contribution is -0.138. The van der Waals surface area contributed by atoms with E-state index in [0.717, 1.165) is 25.7 Å². The molecule has 1 fully saturated rings. The van der Waals surface area contributed by atoms with Gasteiger partial charge >= 0.3 is 0 Å². The molecule has 12 nitrogen and oxygen atoms in total. The summed E-state index contributed by atoms with van der Waals surface area (Å²) < 4.78 is 16.4. The number of ketones is 1. The van der Waals surface area contributed by atoms with Crippen molar-refractivity contribution >= 4 is 29.4 Å². The minimum Gasteiger partial charge on any atom is -0.377 e. The molecule has 0 aromatic heterocycles. The second kappa shape index (κ2) is 18.7. The van der Waals surface area contributed by atoms with Crippen molar-refractivity contribution in [1.29, 1.82) is 0 Å². The van der Waals surface area contributed by atoms with Gasteiger partial charge in [0.15, 0.2) is 0 Å². The lowest BCUT2D eigenvalue weighted by atomic mass is 9.81. The van der Waals surface area contributed by atoms with Crippen LogP contribution in [0.15, 0.2) is 12.2 Å². The van der Waals surface area contributed by atoms with E-state index in [1.807, 2.05) is 13.8 Å². The first-order valence-corrected chi connectivity index (χ1v) is 14.7. The van der Waals surface area contributed by atoms with E-state index in [0.29, 0.717) is 59.3 Å². The van der Waals surface area contributed by atoms with E-state index in [1.54, 1.807) is 6.92 Å². The van der Waals surface area contributed by atoms with Crippen molar-refractivity contribution in [3.8, 4) is 0 Å². The minimum absolute atomic E-state index is 0.0185. The molecule has 1 aliphatic carbocycles. The van der Waals surface area contributed by atoms with Crippen LogP contribution in [-0.2, 0) is 38.2 Å². The Hall–Kier alpha value is -2.67. The Morgan fingerprint density at radius 3 is 1.88 bits per heavy atom. The summed E-state index contributed by atoms with van der Waals surface area (Å²) in [5, 5.41) is 5.73. The van der Waals surface area contributed by atoms with Crippen molar-refractivity contribution in [1.82, 2.24) is 15.5 Å². The molecule has 4 N–H and O–H groups in total. The fourth-order valence-electron chi connectivity index (χ4n) is 4.82. The zero-order chi connectivity index (χ0) is 30.2. The molecular formula is C29H48N4O8. The Bertz CT molecular complexity index is 881. The van der Waals surface area contributed by atoms with Gasteiger partial charge in [-0.1, -0.05) is 13.8 Å². The summed E-state index contributed by atoms with van der Waals surface area (Å²) in [6.45, 7) is 8.95. The molecule has 4 amide bonds. The van der Waals surface area contributed by atoms with Crippen LogP contribution in [0.25, 0.3) is 0 Å². The van der Waals surface area contributed by atoms with Crippen molar-refractivity contribution < 1.29 is 38.2 Å². The van der Waals surface area contributed by atoms with E-state index in [4.69, 9.17) is 19.9 Å². The number of amides is 4. The molecule has 0 aromatic carbocycles. The van der Waals surface area contributed by atoms with Crippen LogP contribution < -0.4 is 16.4 Å². The molecule has 0 bridgehead atoms. The highest BCUT2D eigenvalue weighted by molar-refractivity contribution is 6.12. The lowest BCUT2D eigenvalue weighted by Crippen LogP contribution is -2.39. The number of nitrogens with one attached hydrogen (secondary N) is 2. The highest BCUT2D eigenvalue weighted by Gasteiger charge is 2.31. The summed E-state index contributed by atoms with van der Waals surface area (Å²) in [5.74, 6) is -0.961. The van der Waals surface area contributed by atoms with Crippen LogP contribution in [0.1, 0.15) is 52.9 Å². The van der Waals surface area contributed by atoms with Crippen molar-refractivity contribution in [2.45, 2.75) is 58.9 Å². The molecule has 0 saturated heterocycles.